The number of nitrogens with zero attached hydrogens (tertiary/aromatic N) is 2. The van der Waals surface area contributed by atoms with Gasteiger partial charge in [0, 0.05) is 36.0 Å². The molecule has 22 heavy (non-hydrogen) atoms. The third kappa shape index (κ3) is 2.73. The summed E-state index contributed by atoms with van der Waals surface area (Å²) in [5.41, 5.74) is 5.88. The van der Waals surface area contributed by atoms with E-state index in [1.807, 2.05) is 11.8 Å². The van der Waals surface area contributed by atoms with Crippen molar-refractivity contribution in [1.82, 2.24) is 9.80 Å². The molecular formula is C19H20N2S. The molecule has 2 aliphatic rings. The standard InChI is InChI=1S/C19H20N2S/c1-3-7-16(8-4-1)11-20-15-21(19-14-22-13-18(19)20)12-17-9-5-2-6-10-17/h1-10H,11-15H2. The van der Waals surface area contributed by atoms with Crippen molar-refractivity contribution in [2.45, 2.75) is 13.1 Å². The van der Waals surface area contributed by atoms with Gasteiger partial charge in [0.2, 0.25) is 0 Å². The summed E-state index contributed by atoms with van der Waals surface area (Å²) < 4.78 is 0. The molecule has 4 rings (SSSR count). The van der Waals surface area contributed by atoms with Crippen molar-refractivity contribution in [2.75, 3.05) is 18.2 Å². The summed E-state index contributed by atoms with van der Waals surface area (Å²) >= 11 is 2.04. The van der Waals surface area contributed by atoms with Crippen LogP contribution in [0.4, 0.5) is 0 Å². The molecule has 0 aromatic heterocycles. The van der Waals surface area contributed by atoms with Crippen molar-refractivity contribution in [3.63, 3.8) is 0 Å². The summed E-state index contributed by atoms with van der Waals surface area (Å²) in [5, 5.41) is 0. The van der Waals surface area contributed by atoms with Crippen LogP contribution in [-0.4, -0.2) is 28.0 Å². The summed E-state index contributed by atoms with van der Waals surface area (Å²) in [5.74, 6) is 2.32. The first kappa shape index (κ1) is 13.8. The second kappa shape index (κ2) is 6.09. The predicted molar refractivity (Wildman–Crippen MR) is 93.2 cm³/mol. The smallest absolute Gasteiger partial charge is 0.0906 e. The van der Waals surface area contributed by atoms with Gasteiger partial charge < -0.3 is 9.80 Å². The van der Waals surface area contributed by atoms with Crippen molar-refractivity contribution < 1.29 is 0 Å². The summed E-state index contributed by atoms with van der Waals surface area (Å²) in [7, 11) is 0. The Morgan fingerprint density at radius 3 is 1.59 bits per heavy atom. The number of rotatable bonds is 4. The molecule has 0 fully saturated rings. The fraction of sp³-hybridized carbons (Fsp3) is 0.263. The molecule has 2 aromatic carbocycles. The first-order chi connectivity index (χ1) is 10.9. The van der Waals surface area contributed by atoms with E-state index in [9.17, 15) is 0 Å². The topological polar surface area (TPSA) is 6.48 Å². The summed E-state index contributed by atoms with van der Waals surface area (Å²) in [6, 6.07) is 21.6. The molecule has 0 atom stereocenters. The van der Waals surface area contributed by atoms with Crippen LogP contribution >= 0.6 is 11.8 Å². The molecule has 0 amide bonds. The molecule has 0 saturated carbocycles. The van der Waals surface area contributed by atoms with E-state index in [-0.39, 0.29) is 0 Å². The fourth-order valence-corrected chi connectivity index (χ4v) is 4.42. The molecule has 0 spiro atoms. The number of hydrogen-bond donors (Lipinski definition) is 0. The monoisotopic (exact) mass is 308 g/mol. The van der Waals surface area contributed by atoms with E-state index in [0.717, 1.165) is 31.3 Å². The van der Waals surface area contributed by atoms with Crippen LogP contribution in [0, 0.1) is 0 Å². The van der Waals surface area contributed by atoms with Crippen LogP contribution < -0.4 is 0 Å². The van der Waals surface area contributed by atoms with Gasteiger partial charge in [-0.25, -0.2) is 0 Å². The minimum atomic E-state index is 1.02. The van der Waals surface area contributed by atoms with Gasteiger partial charge in [0.15, 0.2) is 0 Å². The number of thioether (sulfide) groups is 1. The fourth-order valence-electron chi connectivity index (χ4n) is 3.23. The second-order valence-corrected chi connectivity index (χ2v) is 6.88. The van der Waals surface area contributed by atoms with Crippen LogP contribution in [0.25, 0.3) is 0 Å². The van der Waals surface area contributed by atoms with Gasteiger partial charge in [0.05, 0.1) is 6.67 Å². The Morgan fingerprint density at radius 1 is 0.682 bits per heavy atom. The molecule has 2 nitrogen and oxygen atoms in total. The van der Waals surface area contributed by atoms with Crippen molar-refractivity contribution in [3.05, 3.63) is 83.2 Å². The van der Waals surface area contributed by atoms with Gasteiger partial charge in [-0.05, 0) is 11.1 Å². The molecule has 0 aliphatic carbocycles. The SMILES string of the molecule is c1ccc(CN2CN(Cc3ccccc3)C3=C2CSC3)cc1. The zero-order valence-electron chi connectivity index (χ0n) is 12.6. The molecule has 0 saturated heterocycles. The molecule has 0 N–H and O–H groups in total. The predicted octanol–water partition coefficient (Wildman–Crippen LogP) is 3.92. The molecule has 3 heteroatoms. The van der Waals surface area contributed by atoms with Gasteiger partial charge in [-0.15, -0.1) is 11.8 Å². The Kier molecular flexibility index (Phi) is 3.81. The molecule has 0 unspecified atom stereocenters. The Bertz CT molecular complexity index is 609. The molecule has 0 radical (unpaired) electrons. The average molecular weight is 308 g/mol. The lowest BCUT2D eigenvalue weighted by molar-refractivity contribution is 0.236. The third-order valence-corrected chi connectivity index (χ3v) is 5.30. The van der Waals surface area contributed by atoms with Gasteiger partial charge in [-0.2, -0.15) is 0 Å². The third-order valence-electron chi connectivity index (χ3n) is 4.35. The van der Waals surface area contributed by atoms with Gasteiger partial charge in [0.25, 0.3) is 0 Å². The Labute approximate surface area is 136 Å². The normalized spacial score (nSPS) is 17.3. The Hall–Kier alpha value is -1.87. The highest BCUT2D eigenvalue weighted by atomic mass is 32.2. The zero-order valence-corrected chi connectivity index (χ0v) is 13.4. The first-order valence-electron chi connectivity index (χ1n) is 7.78. The second-order valence-electron chi connectivity index (χ2n) is 5.89. The lowest BCUT2D eigenvalue weighted by Gasteiger charge is -2.26. The van der Waals surface area contributed by atoms with Crippen LogP contribution in [0.1, 0.15) is 11.1 Å². The molecule has 0 bridgehead atoms. The minimum absolute atomic E-state index is 1.02. The van der Waals surface area contributed by atoms with E-state index in [4.69, 9.17) is 0 Å². The van der Waals surface area contributed by atoms with E-state index < -0.39 is 0 Å². The van der Waals surface area contributed by atoms with Crippen LogP contribution in [0.15, 0.2) is 72.1 Å². The highest BCUT2D eigenvalue weighted by molar-refractivity contribution is 7.99. The van der Waals surface area contributed by atoms with E-state index in [1.54, 1.807) is 11.4 Å². The summed E-state index contributed by atoms with van der Waals surface area (Å²) in [6.07, 6.45) is 0. The number of hydrogen-bond acceptors (Lipinski definition) is 3. The van der Waals surface area contributed by atoms with Crippen LogP contribution in [-0.2, 0) is 13.1 Å². The highest BCUT2D eigenvalue weighted by Gasteiger charge is 2.32. The van der Waals surface area contributed by atoms with Crippen molar-refractivity contribution in [2.24, 2.45) is 0 Å². The summed E-state index contributed by atoms with van der Waals surface area (Å²) in [6.45, 7) is 3.06. The van der Waals surface area contributed by atoms with E-state index in [0.29, 0.717) is 0 Å². The maximum Gasteiger partial charge on any atom is 0.0906 e. The molecule has 2 heterocycles. The zero-order chi connectivity index (χ0) is 14.8. The van der Waals surface area contributed by atoms with E-state index in [1.165, 1.54) is 11.1 Å². The quantitative estimate of drug-likeness (QED) is 0.845. The van der Waals surface area contributed by atoms with Crippen LogP contribution in [0.3, 0.4) is 0 Å². The Morgan fingerprint density at radius 2 is 1.14 bits per heavy atom. The van der Waals surface area contributed by atoms with Crippen molar-refractivity contribution >= 4 is 11.8 Å². The summed E-state index contributed by atoms with van der Waals surface area (Å²) in [4.78, 5) is 5.10. The largest absolute Gasteiger partial charge is 0.351 e. The van der Waals surface area contributed by atoms with Gasteiger partial charge in [0.1, 0.15) is 0 Å². The van der Waals surface area contributed by atoms with Crippen molar-refractivity contribution in [1.29, 1.82) is 0 Å². The molecule has 2 aromatic rings. The van der Waals surface area contributed by atoms with Gasteiger partial charge >= 0.3 is 0 Å². The van der Waals surface area contributed by atoms with Crippen molar-refractivity contribution in [3.8, 4) is 0 Å². The van der Waals surface area contributed by atoms with Crippen LogP contribution in [0.2, 0.25) is 0 Å². The highest BCUT2D eigenvalue weighted by Crippen LogP contribution is 2.36. The Balaban J connectivity index is 1.52. The molecular weight excluding hydrogens is 288 g/mol. The maximum atomic E-state index is 2.55. The van der Waals surface area contributed by atoms with E-state index in [2.05, 4.69) is 70.5 Å². The molecule has 112 valence electrons. The number of benzene rings is 2. The average Bonchev–Trinajstić information content (AvgIpc) is 3.15. The minimum Gasteiger partial charge on any atom is -0.351 e. The van der Waals surface area contributed by atoms with E-state index >= 15 is 0 Å². The lowest BCUT2D eigenvalue weighted by atomic mass is 10.2. The van der Waals surface area contributed by atoms with Gasteiger partial charge in [-0.3, -0.25) is 0 Å². The lowest BCUT2D eigenvalue weighted by Crippen LogP contribution is -2.29. The van der Waals surface area contributed by atoms with Crippen LogP contribution in [0.5, 0.6) is 0 Å². The maximum absolute atomic E-state index is 2.55. The first-order valence-corrected chi connectivity index (χ1v) is 8.93. The molecule has 2 aliphatic heterocycles. The van der Waals surface area contributed by atoms with Gasteiger partial charge in [-0.1, -0.05) is 60.7 Å².